The number of para-hydroxylation sites is 1. The summed E-state index contributed by atoms with van der Waals surface area (Å²) in [4.78, 5) is 4.44. The molecule has 21 heavy (non-hydrogen) atoms. The Morgan fingerprint density at radius 3 is 2.71 bits per heavy atom. The van der Waals surface area contributed by atoms with Gasteiger partial charge in [0.05, 0.1) is 12.8 Å². The first-order valence-electron chi connectivity index (χ1n) is 6.72. The molecule has 0 spiro atoms. The fraction of sp³-hybridized carbons (Fsp3) is 0.118. The van der Waals surface area contributed by atoms with Crippen LogP contribution >= 0.6 is 0 Å². The number of hydroxylamine groups is 1. The molecule has 4 nitrogen and oxygen atoms in total. The van der Waals surface area contributed by atoms with Gasteiger partial charge < -0.3 is 4.74 Å². The summed E-state index contributed by atoms with van der Waals surface area (Å²) in [5.74, 6) is 1.29. The van der Waals surface area contributed by atoms with Crippen molar-refractivity contribution in [3.8, 4) is 5.75 Å². The average Bonchev–Trinajstić information content (AvgIpc) is 2.96. The lowest BCUT2D eigenvalue weighted by Gasteiger charge is -2.06. The van der Waals surface area contributed by atoms with Crippen molar-refractivity contribution < 1.29 is 9.94 Å². The van der Waals surface area contributed by atoms with Crippen LogP contribution in [0.15, 0.2) is 59.1 Å². The Bertz CT molecular complexity index is 706. The Hall–Kier alpha value is -2.59. The highest BCUT2D eigenvalue weighted by atomic mass is 16.5. The summed E-state index contributed by atoms with van der Waals surface area (Å²) in [5, 5.41) is 9.38. The number of methoxy groups -OCH3 is 1. The number of hydrogen-bond donors (Lipinski definition) is 2. The zero-order chi connectivity index (χ0) is 14.7. The Labute approximate surface area is 123 Å². The van der Waals surface area contributed by atoms with Crippen LogP contribution in [0.1, 0.15) is 11.1 Å². The highest BCUT2D eigenvalue weighted by Gasteiger charge is 2.17. The molecule has 106 valence electrons. The topological polar surface area (TPSA) is 53.8 Å². The predicted molar refractivity (Wildman–Crippen MR) is 83.1 cm³/mol. The van der Waals surface area contributed by atoms with Crippen LogP contribution in [0.4, 0.5) is 5.69 Å². The minimum absolute atomic E-state index is 0.469. The van der Waals surface area contributed by atoms with Gasteiger partial charge in [0.25, 0.3) is 0 Å². The third kappa shape index (κ3) is 2.80. The number of amidine groups is 1. The maximum Gasteiger partial charge on any atom is 0.153 e. The fourth-order valence-corrected chi connectivity index (χ4v) is 2.39. The molecular weight excluding hydrogens is 264 g/mol. The SMILES string of the molecule is COc1ccc2c(c1)C=C(C(=Nc1ccccc1)NO)C2. The summed E-state index contributed by atoms with van der Waals surface area (Å²) >= 11 is 0. The van der Waals surface area contributed by atoms with Gasteiger partial charge in [-0.3, -0.25) is 10.7 Å². The van der Waals surface area contributed by atoms with Crippen LogP contribution in [-0.2, 0) is 6.42 Å². The van der Waals surface area contributed by atoms with Crippen LogP contribution in [0.5, 0.6) is 5.75 Å². The van der Waals surface area contributed by atoms with E-state index in [0.717, 1.165) is 29.0 Å². The van der Waals surface area contributed by atoms with Gasteiger partial charge in [-0.15, -0.1) is 0 Å². The molecule has 0 unspecified atom stereocenters. The molecule has 0 aliphatic heterocycles. The first-order valence-corrected chi connectivity index (χ1v) is 6.72. The highest BCUT2D eigenvalue weighted by Crippen LogP contribution is 2.29. The van der Waals surface area contributed by atoms with E-state index in [1.807, 2.05) is 54.6 Å². The monoisotopic (exact) mass is 280 g/mol. The maximum absolute atomic E-state index is 9.38. The molecule has 0 saturated carbocycles. The van der Waals surface area contributed by atoms with Gasteiger partial charge in [0, 0.05) is 12.0 Å². The molecule has 0 atom stereocenters. The minimum atomic E-state index is 0.469. The molecule has 1 aliphatic rings. The van der Waals surface area contributed by atoms with Crippen molar-refractivity contribution in [2.24, 2.45) is 4.99 Å². The third-order valence-electron chi connectivity index (χ3n) is 3.47. The normalized spacial score (nSPS) is 13.6. The Kier molecular flexibility index (Phi) is 3.71. The van der Waals surface area contributed by atoms with E-state index < -0.39 is 0 Å². The molecule has 3 rings (SSSR count). The molecule has 2 N–H and O–H groups in total. The molecule has 2 aromatic carbocycles. The van der Waals surface area contributed by atoms with E-state index in [1.54, 1.807) is 7.11 Å². The molecule has 0 radical (unpaired) electrons. The largest absolute Gasteiger partial charge is 0.497 e. The first-order chi connectivity index (χ1) is 10.3. The van der Waals surface area contributed by atoms with Crippen molar-refractivity contribution in [2.75, 3.05) is 7.11 Å². The van der Waals surface area contributed by atoms with Gasteiger partial charge in [0.2, 0.25) is 0 Å². The van der Waals surface area contributed by atoms with Gasteiger partial charge in [-0.1, -0.05) is 24.3 Å². The second-order valence-corrected chi connectivity index (χ2v) is 4.82. The van der Waals surface area contributed by atoms with Crippen molar-refractivity contribution >= 4 is 17.6 Å². The van der Waals surface area contributed by atoms with Crippen molar-refractivity contribution in [3.63, 3.8) is 0 Å². The Balaban J connectivity index is 1.92. The molecule has 1 aliphatic carbocycles. The van der Waals surface area contributed by atoms with Crippen molar-refractivity contribution in [3.05, 3.63) is 65.2 Å². The van der Waals surface area contributed by atoms with Gasteiger partial charge >= 0.3 is 0 Å². The number of nitrogens with zero attached hydrogens (tertiary/aromatic N) is 1. The van der Waals surface area contributed by atoms with Gasteiger partial charge in [0.1, 0.15) is 5.75 Å². The molecule has 0 fully saturated rings. The lowest BCUT2D eigenvalue weighted by atomic mass is 10.1. The van der Waals surface area contributed by atoms with Gasteiger partial charge in [-0.2, -0.15) is 0 Å². The maximum atomic E-state index is 9.38. The number of aliphatic imine (C=N–C) groups is 1. The van der Waals surface area contributed by atoms with Crippen LogP contribution in [0.3, 0.4) is 0 Å². The van der Waals surface area contributed by atoms with Gasteiger partial charge in [-0.05, 0) is 41.5 Å². The summed E-state index contributed by atoms with van der Waals surface area (Å²) in [6.07, 6.45) is 2.75. The molecule has 2 aromatic rings. The number of rotatable bonds is 3. The zero-order valence-corrected chi connectivity index (χ0v) is 11.7. The third-order valence-corrected chi connectivity index (χ3v) is 3.47. The van der Waals surface area contributed by atoms with Gasteiger partial charge in [0.15, 0.2) is 5.84 Å². The van der Waals surface area contributed by atoms with Gasteiger partial charge in [-0.25, -0.2) is 4.99 Å². The second kappa shape index (κ2) is 5.81. The number of benzene rings is 2. The smallest absolute Gasteiger partial charge is 0.153 e. The lowest BCUT2D eigenvalue weighted by Crippen LogP contribution is -2.21. The summed E-state index contributed by atoms with van der Waals surface area (Å²) in [7, 11) is 1.65. The minimum Gasteiger partial charge on any atom is -0.497 e. The summed E-state index contributed by atoms with van der Waals surface area (Å²) < 4.78 is 5.23. The molecule has 4 heteroatoms. The van der Waals surface area contributed by atoms with Crippen molar-refractivity contribution in [1.29, 1.82) is 0 Å². The summed E-state index contributed by atoms with van der Waals surface area (Å²) in [5.41, 5.74) is 6.24. The van der Waals surface area contributed by atoms with Crippen LogP contribution in [0.2, 0.25) is 0 Å². The number of nitrogens with one attached hydrogen (secondary N) is 1. The van der Waals surface area contributed by atoms with Crippen molar-refractivity contribution in [2.45, 2.75) is 6.42 Å². The molecule has 0 heterocycles. The summed E-state index contributed by atoms with van der Waals surface area (Å²) in [6.45, 7) is 0. The quantitative estimate of drug-likeness (QED) is 0.515. The first kappa shape index (κ1) is 13.4. The van der Waals surface area contributed by atoms with Crippen LogP contribution in [0.25, 0.3) is 6.08 Å². The van der Waals surface area contributed by atoms with E-state index in [2.05, 4.69) is 10.5 Å². The number of ether oxygens (including phenoxy) is 1. The van der Waals surface area contributed by atoms with E-state index in [1.165, 1.54) is 5.56 Å². The molecule has 0 aromatic heterocycles. The number of hydrogen-bond acceptors (Lipinski definition) is 3. The molecule has 0 bridgehead atoms. The second-order valence-electron chi connectivity index (χ2n) is 4.82. The fourth-order valence-electron chi connectivity index (χ4n) is 2.39. The Morgan fingerprint density at radius 2 is 2.00 bits per heavy atom. The van der Waals surface area contributed by atoms with Crippen LogP contribution in [0, 0.1) is 0 Å². The number of fused-ring (bicyclic) bond motifs is 1. The van der Waals surface area contributed by atoms with E-state index in [0.29, 0.717) is 5.84 Å². The standard InChI is InChI=1S/C17H16N2O2/c1-21-16-8-7-12-9-14(10-13(12)11-16)17(19-20)18-15-5-3-2-4-6-15/h2-8,10-11,20H,9H2,1H3,(H,18,19). The molecular formula is C17H16N2O2. The lowest BCUT2D eigenvalue weighted by molar-refractivity contribution is 0.235. The average molecular weight is 280 g/mol. The molecule has 0 saturated heterocycles. The van der Waals surface area contributed by atoms with Crippen LogP contribution < -0.4 is 10.2 Å². The van der Waals surface area contributed by atoms with E-state index in [9.17, 15) is 5.21 Å². The van der Waals surface area contributed by atoms with E-state index in [-0.39, 0.29) is 0 Å². The Morgan fingerprint density at radius 1 is 1.19 bits per heavy atom. The predicted octanol–water partition coefficient (Wildman–Crippen LogP) is 3.34. The highest BCUT2D eigenvalue weighted by molar-refractivity contribution is 6.04. The molecule has 0 amide bonds. The van der Waals surface area contributed by atoms with Crippen molar-refractivity contribution in [1.82, 2.24) is 5.48 Å². The summed E-state index contributed by atoms with van der Waals surface area (Å²) in [6, 6.07) is 15.5. The van der Waals surface area contributed by atoms with Crippen LogP contribution in [-0.4, -0.2) is 18.2 Å². The van der Waals surface area contributed by atoms with E-state index in [4.69, 9.17) is 4.74 Å². The zero-order valence-electron chi connectivity index (χ0n) is 11.7. The van der Waals surface area contributed by atoms with E-state index >= 15 is 0 Å².